The van der Waals surface area contributed by atoms with Crippen LogP contribution in [0.25, 0.3) is 0 Å². The first-order valence-corrected chi connectivity index (χ1v) is 3.65. The van der Waals surface area contributed by atoms with Crippen LogP contribution >= 0.6 is 0 Å². The molecular weight excluding hydrogens is 163 g/mol. The highest BCUT2D eigenvalue weighted by Crippen LogP contribution is 1.91. The molecule has 0 bridgehead atoms. The van der Waals surface area contributed by atoms with E-state index in [1.165, 1.54) is 0 Å². The molecule has 0 unspecified atom stereocenters. The second-order valence-corrected chi connectivity index (χ2v) is 2.22. The largest absolute Gasteiger partial charge is 0.460 e. The van der Waals surface area contributed by atoms with Crippen molar-refractivity contribution in [3.63, 3.8) is 0 Å². The SMILES string of the molecule is C=C(C)C(=O)OCCOCCF. The van der Waals surface area contributed by atoms with Crippen LogP contribution in [0.1, 0.15) is 6.92 Å². The number of carbonyl (C=O) groups excluding carboxylic acids is 1. The van der Waals surface area contributed by atoms with Gasteiger partial charge in [-0.15, -0.1) is 0 Å². The Hall–Kier alpha value is -0.900. The van der Waals surface area contributed by atoms with E-state index in [0.717, 1.165) is 0 Å². The average molecular weight is 176 g/mol. The maximum absolute atomic E-state index is 11.5. The molecule has 0 saturated carbocycles. The first-order chi connectivity index (χ1) is 5.68. The van der Waals surface area contributed by atoms with Crippen LogP contribution in [0.5, 0.6) is 0 Å². The average Bonchev–Trinajstić information content (AvgIpc) is 2.03. The lowest BCUT2D eigenvalue weighted by Gasteiger charge is -2.03. The van der Waals surface area contributed by atoms with Crippen LogP contribution < -0.4 is 0 Å². The highest BCUT2D eigenvalue weighted by Gasteiger charge is 2.01. The summed E-state index contributed by atoms with van der Waals surface area (Å²) < 4.78 is 20.9. The molecule has 0 fully saturated rings. The van der Waals surface area contributed by atoms with Crippen LogP contribution in [0.3, 0.4) is 0 Å². The van der Waals surface area contributed by atoms with Gasteiger partial charge in [-0.2, -0.15) is 0 Å². The van der Waals surface area contributed by atoms with Crippen molar-refractivity contribution in [2.45, 2.75) is 6.92 Å². The van der Waals surface area contributed by atoms with Crippen LogP contribution in [0, 0.1) is 0 Å². The monoisotopic (exact) mass is 176 g/mol. The van der Waals surface area contributed by atoms with Crippen molar-refractivity contribution < 1.29 is 18.7 Å². The van der Waals surface area contributed by atoms with E-state index < -0.39 is 12.6 Å². The molecule has 0 aromatic rings. The summed E-state index contributed by atoms with van der Waals surface area (Å²) in [5.41, 5.74) is 0.348. The summed E-state index contributed by atoms with van der Waals surface area (Å²) in [6.45, 7) is 4.85. The molecule has 0 amide bonds. The Morgan fingerprint density at radius 2 is 2.08 bits per heavy atom. The zero-order valence-electron chi connectivity index (χ0n) is 7.14. The predicted molar refractivity (Wildman–Crippen MR) is 42.6 cm³/mol. The van der Waals surface area contributed by atoms with Gasteiger partial charge in [0.2, 0.25) is 0 Å². The van der Waals surface area contributed by atoms with E-state index in [-0.39, 0.29) is 19.8 Å². The summed E-state index contributed by atoms with van der Waals surface area (Å²) in [4.78, 5) is 10.7. The smallest absolute Gasteiger partial charge is 0.333 e. The Balaban J connectivity index is 3.20. The van der Waals surface area contributed by atoms with Crippen molar-refractivity contribution in [1.29, 1.82) is 0 Å². The molecule has 0 rings (SSSR count). The van der Waals surface area contributed by atoms with E-state index in [4.69, 9.17) is 4.74 Å². The van der Waals surface area contributed by atoms with E-state index in [9.17, 15) is 9.18 Å². The Kier molecular flexibility index (Phi) is 6.28. The van der Waals surface area contributed by atoms with Gasteiger partial charge >= 0.3 is 5.97 Å². The number of ether oxygens (including phenoxy) is 2. The maximum atomic E-state index is 11.5. The summed E-state index contributed by atoms with van der Waals surface area (Å²) in [5, 5.41) is 0. The lowest BCUT2D eigenvalue weighted by Crippen LogP contribution is -2.11. The fourth-order valence-corrected chi connectivity index (χ4v) is 0.473. The minimum atomic E-state index is -0.519. The van der Waals surface area contributed by atoms with E-state index in [0.29, 0.717) is 5.57 Å². The van der Waals surface area contributed by atoms with Gasteiger partial charge in [-0.25, -0.2) is 9.18 Å². The molecule has 0 atom stereocenters. The second kappa shape index (κ2) is 6.79. The maximum Gasteiger partial charge on any atom is 0.333 e. The van der Waals surface area contributed by atoms with Gasteiger partial charge in [0.05, 0.1) is 13.2 Å². The number of halogens is 1. The fraction of sp³-hybridized carbons (Fsp3) is 0.625. The lowest BCUT2D eigenvalue weighted by molar-refractivity contribution is -0.140. The van der Waals surface area contributed by atoms with Crippen molar-refractivity contribution in [3.05, 3.63) is 12.2 Å². The van der Waals surface area contributed by atoms with Gasteiger partial charge in [0.15, 0.2) is 0 Å². The van der Waals surface area contributed by atoms with Crippen molar-refractivity contribution in [2.24, 2.45) is 0 Å². The third kappa shape index (κ3) is 5.85. The molecule has 0 spiro atoms. The third-order valence-corrected chi connectivity index (χ3v) is 1.03. The first-order valence-electron chi connectivity index (χ1n) is 3.65. The highest BCUT2D eigenvalue weighted by molar-refractivity contribution is 5.86. The van der Waals surface area contributed by atoms with Gasteiger partial charge in [0.1, 0.15) is 13.3 Å². The molecule has 70 valence electrons. The standard InChI is InChI=1S/C8H13FO3/c1-7(2)8(10)12-6-5-11-4-3-9/h1,3-6H2,2H3. The van der Waals surface area contributed by atoms with Crippen molar-refractivity contribution in [1.82, 2.24) is 0 Å². The van der Waals surface area contributed by atoms with E-state index in [2.05, 4.69) is 11.3 Å². The Morgan fingerprint density at radius 3 is 2.58 bits per heavy atom. The molecule has 0 aliphatic heterocycles. The van der Waals surface area contributed by atoms with E-state index >= 15 is 0 Å². The number of hydrogen-bond donors (Lipinski definition) is 0. The van der Waals surface area contributed by atoms with Crippen LogP contribution in [-0.2, 0) is 14.3 Å². The van der Waals surface area contributed by atoms with Gasteiger partial charge in [-0.1, -0.05) is 6.58 Å². The normalized spacial score (nSPS) is 9.50. The summed E-state index contributed by atoms with van der Waals surface area (Å²) >= 11 is 0. The van der Waals surface area contributed by atoms with E-state index in [1.807, 2.05) is 0 Å². The molecular formula is C8H13FO3. The zero-order valence-corrected chi connectivity index (χ0v) is 7.14. The molecule has 0 radical (unpaired) electrons. The van der Waals surface area contributed by atoms with Gasteiger partial charge in [-0.05, 0) is 6.92 Å². The molecule has 0 aliphatic rings. The first kappa shape index (κ1) is 11.1. The molecule has 0 aromatic carbocycles. The number of alkyl halides is 1. The summed E-state index contributed by atoms with van der Waals surface area (Å²) in [7, 11) is 0. The second-order valence-electron chi connectivity index (χ2n) is 2.22. The van der Waals surface area contributed by atoms with Crippen LogP contribution in [0.2, 0.25) is 0 Å². The van der Waals surface area contributed by atoms with Gasteiger partial charge in [-0.3, -0.25) is 0 Å². The Morgan fingerprint density at radius 1 is 1.42 bits per heavy atom. The number of rotatable bonds is 6. The van der Waals surface area contributed by atoms with Crippen LogP contribution in [-0.4, -0.2) is 32.5 Å². The fourth-order valence-electron chi connectivity index (χ4n) is 0.473. The van der Waals surface area contributed by atoms with Crippen LogP contribution in [0.15, 0.2) is 12.2 Å². The number of hydrogen-bond acceptors (Lipinski definition) is 3. The third-order valence-electron chi connectivity index (χ3n) is 1.03. The molecule has 3 nitrogen and oxygen atoms in total. The lowest BCUT2D eigenvalue weighted by atomic mass is 10.4. The van der Waals surface area contributed by atoms with E-state index in [1.54, 1.807) is 6.92 Å². The molecule has 12 heavy (non-hydrogen) atoms. The zero-order chi connectivity index (χ0) is 9.40. The Bertz CT molecular complexity index is 156. The van der Waals surface area contributed by atoms with Gasteiger partial charge in [0, 0.05) is 5.57 Å². The van der Waals surface area contributed by atoms with Gasteiger partial charge < -0.3 is 9.47 Å². The number of carbonyl (C=O) groups is 1. The number of esters is 1. The van der Waals surface area contributed by atoms with Gasteiger partial charge in [0.25, 0.3) is 0 Å². The topological polar surface area (TPSA) is 35.5 Å². The molecule has 4 heteroatoms. The predicted octanol–water partition coefficient (Wildman–Crippen LogP) is 1.09. The molecule has 0 heterocycles. The summed E-state index contributed by atoms with van der Waals surface area (Å²) in [6, 6.07) is 0. The Labute approximate surface area is 71.2 Å². The van der Waals surface area contributed by atoms with Crippen LogP contribution in [0.4, 0.5) is 4.39 Å². The quantitative estimate of drug-likeness (QED) is 0.345. The van der Waals surface area contributed by atoms with Crippen molar-refractivity contribution in [2.75, 3.05) is 26.5 Å². The molecule has 0 N–H and O–H groups in total. The minimum absolute atomic E-state index is 0.0463. The highest BCUT2D eigenvalue weighted by atomic mass is 19.1. The minimum Gasteiger partial charge on any atom is -0.460 e. The molecule has 0 saturated heterocycles. The summed E-state index contributed by atoms with van der Waals surface area (Å²) in [5.74, 6) is -0.446. The molecule has 0 aliphatic carbocycles. The molecule has 0 aromatic heterocycles. The van der Waals surface area contributed by atoms with Crippen molar-refractivity contribution >= 4 is 5.97 Å². The summed E-state index contributed by atoms with van der Waals surface area (Å²) in [6.07, 6.45) is 0. The van der Waals surface area contributed by atoms with Crippen molar-refractivity contribution in [3.8, 4) is 0 Å².